The molecule has 27 heavy (non-hydrogen) atoms. The van der Waals surface area contributed by atoms with Crippen molar-refractivity contribution < 1.29 is 9.59 Å². The van der Waals surface area contributed by atoms with Gasteiger partial charge in [0.25, 0.3) is 11.8 Å². The molecule has 1 aliphatic carbocycles. The first-order chi connectivity index (χ1) is 12.6. The van der Waals surface area contributed by atoms with Crippen LogP contribution in [0.5, 0.6) is 0 Å². The summed E-state index contributed by atoms with van der Waals surface area (Å²) < 4.78 is 1.62. The van der Waals surface area contributed by atoms with Crippen LogP contribution in [0.3, 0.4) is 0 Å². The molecule has 2 aromatic heterocycles. The fourth-order valence-electron chi connectivity index (χ4n) is 3.57. The quantitative estimate of drug-likeness (QED) is 0.793. The smallest absolute Gasteiger partial charge is 0.271 e. The predicted octanol–water partition coefficient (Wildman–Crippen LogP) is 3.17. The van der Waals surface area contributed by atoms with Gasteiger partial charge in [-0.1, -0.05) is 20.8 Å². The second kappa shape index (κ2) is 7.46. The molecule has 0 saturated carbocycles. The molecule has 0 spiro atoms. The molecule has 0 radical (unpaired) electrons. The zero-order valence-electron chi connectivity index (χ0n) is 16.7. The average Bonchev–Trinajstić information content (AvgIpc) is 3.14. The van der Waals surface area contributed by atoms with Gasteiger partial charge in [0.2, 0.25) is 0 Å². The summed E-state index contributed by atoms with van der Waals surface area (Å²) in [7, 11) is 0. The van der Waals surface area contributed by atoms with Crippen molar-refractivity contribution in [2.24, 2.45) is 11.3 Å². The Morgan fingerprint density at radius 3 is 2.63 bits per heavy atom. The Balaban J connectivity index is 1.57. The molecule has 1 unspecified atom stereocenters. The number of aromatic nitrogens is 2. The zero-order valence-corrected chi connectivity index (χ0v) is 17.5. The van der Waals surface area contributed by atoms with Crippen molar-refractivity contribution in [2.75, 3.05) is 0 Å². The third-order valence-corrected chi connectivity index (χ3v) is 6.48. The van der Waals surface area contributed by atoms with Crippen LogP contribution in [-0.4, -0.2) is 21.6 Å². The first-order valence-electron chi connectivity index (χ1n) is 9.35. The lowest BCUT2D eigenvalue weighted by Crippen LogP contribution is -2.43. The maximum absolute atomic E-state index is 12.4. The first-order valence-corrected chi connectivity index (χ1v) is 10.2. The van der Waals surface area contributed by atoms with E-state index < -0.39 is 0 Å². The molecule has 0 bridgehead atoms. The highest BCUT2D eigenvalue weighted by Gasteiger charge is 2.30. The van der Waals surface area contributed by atoms with Crippen molar-refractivity contribution in [1.82, 2.24) is 20.6 Å². The summed E-state index contributed by atoms with van der Waals surface area (Å²) in [5, 5.41) is 4.25. The van der Waals surface area contributed by atoms with E-state index in [9.17, 15) is 9.59 Å². The van der Waals surface area contributed by atoms with Crippen molar-refractivity contribution in [2.45, 2.75) is 60.4 Å². The minimum Gasteiger partial charge on any atom is -0.271 e. The highest BCUT2D eigenvalue weighted by molar-refractivity contribution is 7.14. The molecule has 1 atom stereocenters. The summed E-state index contributed by atoms with van der Waals surface area (Å²) in [4.78, 5) is 26.5. The number of hydrogen-bond acceptors (Lipinski definition) is 4. The number of nitrogens with zero attached hydrogens (tertiary/aromatic N) is 2. The van der Waals surface area contributed by atoms with Crippen LogP contribution in [0, 0.1) is 25.2 Å². The number of nitrogens with one attached hydrogen (secondary N) is 2. The van der Waals surface area contributed by atoms with Crippen LogP contribution in [0.1, 0.15) is 58.7 Å². The number of aryl methyl sites for hydroxylation is 3. The van der Waals surface area contributed by atoms with Gasteiger partial charge < -0.3 is 0 Å². The topological polar surface area (TPSA) is 76.0 Å². The summed E-state index contributed by atoms with van der Waals surface area (Å²) in [6.45, 7) is 10.7. The molecule has 146 valence electrons. The number of amides is 2. The maximum atomic E-state index is 12.4. The Hall–Kier alpha value is -2.15. The Kier molecular flexibility index (Phi) is 5.42. The lowest BCUT2D eigenvalue weighted by molar-refractivity contribution is -0.122. The fourth-order valence-corrected chi connectivity index (χ4v) is 4.68. The number of carbonyl (C=O) groups is 2. The van der Waals surface area contributed by atoms with Crippen LogP contribution in [0.2, 0.25) is 0 Å². The molecule has 7 heteroatoms. The summed E-state index contributed by atoms with van der Waals surface area (Å²) in [5.74, 6) is 0.0723. The highest BCUT2D eigenvalue weighted by Crippen LogP contribution is 2.40. The van der Waals surface area contributed by atoms with E-state index in [1.54, 1.807) is 4.68 Å². The standard InChI is InChI=1S/C20H28N4O2S/c1-12-8-13(2)24(23-12)11-18(25)21-22-19(26)17-10-14-9-15(20(3,4)5)6-7-16(14)27-17/h8,10,15H,6-7,9,11H2,1-5H3,(H,21,25)(H,22,26). The number of thiophene rings is 1. The molecule has 0 aromatic carbocycles. The average molecular weight is 389 g/mol. The number of carbonyl (C=O) groups excluding carboxylic acids is 2. The molecule has 0 aliphatic heterocycles. The van der Waals surface area contributed by atoms with Gasteiger partial charge in [-0.3, -0.25) is 25.1 Å². The third-order valence-electron chi connectivity index (χ3n) is 5.24. The fraction of sp³-hybridized carbons (Fsp3) is 0.550. The molecule has 2 N–H and O–H groups in total. The Morgan fingerprint density at radius 2 is 2.00 bits per heavy atom. The summed E-state index contributed by atoms with van der Waals surface area (Å²) >= 11 is 1.54. The molecule has 2 amide bonds. The minimum absolute atomic E-state index is 0.0775. The van der Waals surface area contributed by atoms with Crippen molar-refractivity contribution in [3.05, 3.63) is 38.8 Å². The molecule has 1 aliphatic rings. The molecule has 2 aromatic rings. The number of fused-ring (bicyclic) bond motifs is 1. The van der Waals surface area contributed by atoms with Crippen LogP contribution in [0.4, 0.5) is 0 Å². The molecular formula is C20H28N4O2S. The van der Waals surface area contributed by atoms with Gasteiger partial charge in [-0.25, -0.2) is 0 Å². The van der Waals surface area contributed by atoms with Gasteiger partial charge >= 0.3 is 0 Å². The van der Waals surface area contributed by atoms with E-state index >= 15 is 0 Å². The normalized spacial score (nSPS) is 16.7. The Labute approximate surface area is 164 Å². The van der Waals surface area contributed by atoms with Gasteiger partial charge in [0.15, 0.2) is 0 Å². The van der Waals surface area contributed by atoms with Crippen LogP contribution in [0.15, 0.2) is 12.1 Å². The highest BCUT2D eigenvalue weighted by atomic mass is 32.1. The monoisotopic (exact) mass is 388 g/mol. The summed E-state index contributed by atoms with van der Waals surface area (Å²) in [6, 6.07) is 3.90. The summed E-state index contributed by atoms with van der Waals surface area (Å²) in [6.07, 6.45) is 3.21. The van der Waals surface area contributed by atoms with Crippen molar-refractivity contribution in [1.29, 1.82) is 0 Å². The van der Waals surface area contributed by atoms with E-state index in [-0.39, 0.29) is 23.8 Å². The predicted molar refractivity (Wildman–Crippen MR) is 107 cm³/mol. The number of hydrazine groups is 1. The van der Waals surface area contributed by atoms with Crippen LogP contribution < -0.4 is 10.9 Å². The number of rotatable bonds is 3. The van der Waals surface area contributed by atoms with Crippen LogP contribution >= 0.6 is 11.3 Å². The van der Waals surface area contributed by atoms with E-state index in [2.05, 4.69) is 36.7 Å². The van der Waals surface area contributed by atoms with E-state index in [4.69, 9.17) is 0 Å². The van der Waals surface area contributed by atoms with Crippen LogP contribution in [-0.2, 0) is 24.2 Å². The van der Waals surface area contributed by atoms with Crippen molar-refractivity contribution in [3.63, 3.8) is 0 Å². The molecule has 3 rings (SSSR count). The molecule has 6 nitrogen and oxygen atoms in total. The Morgan fingerprint density at radius 1 is 1.26 bits per heavy atom. The zero-order chi connectivity index (χ0) is 19.8. The molecule has 0 fully saturated rings. The molecule has 0 saturated heterocycles. The molecular weight excluding hydrogens is 360 g/mol. The Bertz CT molecular complexity index is 860. The van der Waals surface area contributed by atoms with Gasteiger partial charge in [0.05, 0.1) is 10.6 Å². The number of hydrogen-bond donors (Lipinski definition) is 2. The van der Waals surface area contributed by atoms with Crippen molar-refractivity contribution in [3.8, 4) is 0 Å². The maximum Gasteiger partial charge on any atom is 0.279 e. The second-order valence-electron chi connectivity index (χ2n) is 8.45. The minimum atomic E-state index is -0.302. The first kappa shape index (κ1) is 19.6. The second-order valence-corrected chi connectivity index (χ2v) is 9.59. The largest absolute Gasteiger partial charge is 0.279 e. The van der Waals surface area contributed by atoms with Gasteiger partial charge in [0, 0.05) is 10.6 Å². The third kappa shape index (κ3) is 4.58. The van der Waals surface area contributed by atoms with E-state index in [0.29, 0.717) is 10.8 Å². The van der Waals surface area contributed by atoms with Crippen LogP contribution in [0.25, 0.3) is 0 Å². The van der Waals surface area contributed by atoms with E-state index in [1.807, 2.05) is 26.0 Å². The lowest BCUT2D eigenvalue weighted by Gasteiger charge is -2.33. The SMILES string of the molecule is Cc1cc(C)n(CC(=O)NNC(=O)c2cc3c(s2)CCC(C(C)(C)C)C3)n1. The summed E-state index contributed by atoms with van der Waals surface area (Å²) in [5.41, 5.74) is 8.35. The van der Waals surface area contributed by atoms with E-state index in [0.717, 1.165) is 30.7 Å². The van der Waals surface area contributed by atoms with Crippen molar-refractivity contribution >= 4 is 23.2 Å². The molecule has 2 heterocycles. The van der Waals surface area contributed by atoms with Gasteiger partial charge in [-0.15, -0.1) is 11.3 Å². The van der Waals surface area contributed by atoms with Gasteiger partial charge in [-0.2, -0.15) is 5.10 Å². The van der Waals surface area contributed by atoms with E-state index in [1.165, 1.54) is 21.8 Å². The van der Waals surface area contributed by atoms with Gasteiger partial charge in [-0.05, 0) is 62.1 Å². The lowest BCUT2D eigenvalue weighted by atomic mass is 9.72. The van der Waals surface area contributed by atoms with Gasteiger partial charge in [0.1, 0.15) is 6.54 Å².